The predicted molar refractivity (Wildman–Crippen MR) is 118 cm³/mol. The highest BCUT2D eigenvalue weighted by Crippen LogP contribution is 2.41. The first kappa shape index (κ1) is 20.3. The Morgan fingerprint density at radius 2 is 1.80 bits per heavy atom. The normalized spacial score (nSPS) is 15.4. The SMILES string of the molecule is COc1cc2c(cc1OC)[C@@H](c1ccccc1)N(C(=O)CSc1ccccn1)CC2. The van der Waals surface area contributed by atoms with Gasteiger partial charge in [0.15, 0.2) is 11.5 Å². The van der Waals surface area contributed by atoms with Gasteiger partial charge in [0.05, 0.1) is 31.0 Å². The van der Waals surface area contributed by atoms with Crippen molar-refractivity contribution in [2.24, 2.45) is 0 Å². The van der Waals surface area contributed by atoms with Crippen LogP contribution < -0.4 is 9.47 Å². The number of rotatable bonds is 6. The summed E-state index contributed by atoms with van der Waals surface area (Å²) in [4.78, 5) is 19.5. The van der Waals surface area contributed by atoms with Gasteiger partial charge in [-0.15, -0.1) is 0 Å². The van der Waals surface area contributed by atoms with Gasteiger partial charge < -0.3 is 14.4 Å². The first-order valence-corrected chi connectivity index (χ1v) is 10.8. The number of carbonyl (C=O) groups is 1. The van der Waals surface area contributed by atoms with E-state index in [1.165, 1.54) is 17.3 Å². The number of hydrogen-bond donors (Lipinski definition) is 0. The fraction of sp³-hybridized carbons (Fsp3) is 0.250. The van der Waals surface area contributed by atoms with Crippen molar-refractivity contribution in [3.05, 3.63) is 83.6 Å². The molecule has 0 aliphatic carbocycles. The second-order valence-electron chi connectivity index (χ2n) is 7.01. The Bertz CT molecular complexity index is 1010. The summed E-state index contributed by atoms with van der Waals surface area (Å²) >= 11 is 1.47. The van der Waals surface area contributed by atoms with Gasteiger partial charge in [0, 0.05) is 12.7 Å². The third kappa shape index (κ3) is 4.14. The lowest BCUT2D eigenvalue weighted by Gasteiger charge is -2.38. The lowest BCUT2D eigenvalue weighted by Crippen LogP contribution is -2.41. The summed E-state index contributed by atoms with van der Waals surface area (Å²) in [7, 11) is 3.28. The van der Waals surface area contributed by atoms with Crippen molar-refractivity contribution in [3.63, 3.8) is 0 Å². The molecule has 4 rings (SSSR count). The zero-order valence-electron chi connectivity index (χ0n) is 17.1. The van der Waals surface area contributed by atoms with Crippen LogP contribution in [0.25, 0.3) is 0 Å². The van der Waals surface area contributed by atoms with E-state index in [1.807, 2.05) is 53.4 Å². The van der Waals surface area contributed by atoms with E-state index in [0.29, 0.717) is 23.8 Å². The third-order valence-corrected chi connectivity index (χ3v) is 6.22. The average Bonchev–Trinajstić information content (AvgIpc) is 2.82. The summed E-state index contributed by atoms with van der Waals surface area (Å²) in [5, 5.41) is 0.853. The fourth-order valence-corrected chi connectivity index (χ4v) is 4.61. The van der Waals surface area contributed by atoms with Crippen LogP contribution in [0.3, 0.4) is 0 Å². The molecule has 0 unspecified atom stereocenters. The van der Waals surface area contributed by atoms with E-state index in [0.717, 1.165) is 22.6 Å². The maximum Gasteiger partial charge on any atom is 0.233 e. The van der Waals surface area contributed by atoms with Gasteiger partial charge in [-0.2, -0.15) is 0 Å². The van der Waals surface area contributed by atoms with E-state index < -0.39 is 0 Å². The molecule has 6 heteroatoms. The van der Waals surface area contributed by atoms with Gasteiger partial charge in [-0.3, -0.25) is 4.79 Å². The summed E-state index contributed by atoms with van der Waals surface area (Å²) in [5.74, 6) is 1.84. The van der Waals surface area contributed by atoms with Crippen LogP contribution in [0.5, 0.6) is 11.5 Å². The minimum absolute atomic E-state index is 0.0972. The lowest BCUT2D eigenvalue weighted by molar-refractivity contribution is -0.130. The van der Waals surface area contributed by atoms with Gasteiger partial charge in [-0.05, 0) is 47.4 Å². The van der Waals surface area contributed by atoms with Gasteiger partial charge >= 0.3 is 0 Å². The van der Waals surface area contributed by atoms with E-state index in [-0.39, 0.29) is 11.9 Å². The molecule has 3 aromatic rings. The lowest BCUT2D eigenvalue weighted by atomic mass is 9.87. The maximum atomic E-state index is 13.3. The van der Waals surface area contributed by atoms with E-state index in [1.54, 1.807) is 20.4 Å². The number of fused-ring (bicyclic) bond motifs is 1. The standard InChI is InChI=1S/C24H24N2O3S/c1-28-20-14-18-11-13-26(23(27)16-30-22-10-6-7-12-25-22)24(17-8-4-3-5-9-17)19(18)15-21(20)29-2/h3-10,12,14-15,24H,11,13,16H2,1-2H3/t24-/m1/s1. The van der Waals surface area contributed by atoms with Crippen LogP contribution in [0.4, 0.5) is 0 Å². The molecular weight excluding hydrogens is 396 g/mol. The second kappa shape index (κ2) is 9.22. The number of amides is 1. The molecule has 154 valence electrons. The highest BCUT2D eigenvalue weighted by molar-refractivity contribution is 7.99. The number of pyridine rings is 1. The molecule has 2 heterocycles. The van der Waals surface area contributed by atoms with Gasteiger partial charge in [-0.25, -0.2) is 4.98 Å². The molecule has 1 aromatic heterocycles. The zero-order chi connectivity index (χ0) is 20.9. The zero-order valence-corrected chi connectivity index (χ0v) is 17.9. The first-order chi connectivity index (χ1) is 14.7. The van der Waals surface area contributed by atoms with Crippen LogP contribution in [0.1, 0.15) is 22.7 Å². The van der Waals surface area contributed by atoms with E-state index >= 15 is 0 Å². The molecule has 1 aliphatic heterocycles. The molecule has 1 aliphatic rings. The van der Waals surface area contributed by atoms with E-state index in [4.69, 9.17) is 9.47 Å². The van der Waals surface area contributed by atoms with Crippen LogP contribution in [0, 0.1) is 0 Å². The molecule has 0 saturated heterocycles. The summed E-state index contributed by atoms with van der Waals surface area (Å²) in [6.45, 7) is 0.656. The largest absolute Gasteiger partial charge is 0.493 e. The molecule has 0 saturated carbocycles. The van der Waals surface area contributed by atoms with Crippen molar-refractivity contribution in [2.45, 2.75) is 17.5 Å². The van der Waals surface area contributed by atoms with Crippen molar-refractivity contribution in [2.75, 3.05) is 26.5 Å². The maximum absolute atomic E-state index is 13.3. The molecule has 30 heavy (non-hydrogen) atoms. The topological polar surface area (TPSA) is 51.7 Å². The Morgan fingerprint density at radius 1 is 1.07 bits per heavy atom. The number of benzene rings is 2. The molecule has 0 N–H and O–H groups in total. The highest BCUT2D eigenvalue weighted by atomic mass is 32.2. The highest BCUT2D eigenvalue weighted by Gasteiger charge is 2.33. The number of nitrogens with zero attached hydrogens (tertiary/aromatic N) is 2. The number of aromatic nitrogens is 1. The number of ether oxygens (including phenoxy) is 2. The van der Waals surface area contributed by atoms with Gasteiger partial charge in [0.2, 0.25) is 5.91 Å². The molecule has 0 radical (unpaired) electrons. The molecule has 2 aromatic carbocycles. The first-order valence-electron chi connectivity index (χ1n) is 9.84. The summed E-state index contributed by atoms with van der Waals surface area (Å²) < 4.78 is 11.0. The number of thioether (sulfide) groups is 1. The average molecular weight is 421 g/mol. The smallest absolute Gasteiger partial charge is 0.233 e. The molecule has 1 atom stereocenters. The number of methoxy groups -OCH3 is 2. The van der Waals surface area contributed by atoms with Crippen LogP contribution in [0.15, 0.2) is 71.9 Å². The van der Waals surface area contributed by atoms with Crippen LogP contribution in [0.2, 0.25) is 0 Å². The molecular formula is C24H24N2O3S. The minimum atomic E-state index is -0.161. The number of carbonyl (C=O) groups excluding carboxylic acids is 1. The van der Waals surface area contributed by atoms with Crippen molar-refractivity contribution >= 4 is 17.7 Å². The van der Waals surface area contributed by atoms with Gasteiger partial charge in [0.1, 0.15) is 0 Å². The van der Waals surface area contributed by atoms with Crippen LogP contribution >= 0.6 is 11.8 Å². The van der Waals surface area contributed by atoms with Gasteiger partial charge in [-0.1, -0.05) is 48.2 Å². The van der Waals surface area contributed by atoms with Crippen molar-refractivity contribution < 1.29 is 14.3 Å². The Balaban J connectivity index is 1.68. The molecule has 0 bridgehead atoms. The van der Waals surface area contributed by atoms with E-state index in [9.17, 15) is 4.79 Å². The molecule has 0 fully saturated rings. The van der Waals surface area contributed by atoms with Gasteiger partial charge in [0.25, 0.3) is 0 Å². The Hall–Kier alpha value is -2.99. The van der Waals surface area contributed by atoms with E-state index in [2.05, 4.69) is 17.1 Å². The molecule has 5 nitrogen and oxygen atoms in total. The quantitative estimate of drug-likeness (QED) is 0.555. The van der Waals surface area contributed by atoms with Crippen molar-refractivity contribution in [3.8, 4) is 11.5 Å². The Morgan fingerprint density at radius 3 is 2.50 bits per heavy atom. The summed E-state index contributed by atoms with van der Waals surface area (Å²) in [6, 6.07) is 19.8. The molecule has 1 amide bonds. The van der Waals surface area contributed by atoms with Crippen LogP contribution in [-0.2, 0) is 11.2 Å². The second-order valence-corrected chi connectivity index (χ2v) is 8.01. The van der Waals surface area contributed by atoms with Crippen molar-refractivity contribution in [1.29, 1.82) is 0 Å². The minimum Gasteiger partial charge on any atom is -0.493 e. The van der Waals surface area contributed by atoms with Crippen molar-refractivity contribution in [1.82, 2.24) is 9.88 Å². The Kier molecular flexibility index (Phi) is 6.23. The monoisotopic (exact) mass is 420 g/mol. The third-order valence-electron chi connectivity index (χ3n) is 5.29. The van der Waals surface area contributed by atoms with Crippen LogP contribution in [-0.4, -0.2) is 42.3 Å². The summed E-state index contributed by atoms with van der Waals surface area (Å²) in [6.07, 6.45) is 2.52. The predicted octanol–water partition coefficient (Wildman–Crippen LogP) is 4.37. The summed E-state index contributed by atoms with van der Waals surface area (Å²) in [5.41, 5.74) is 3.35. The molecule has 0 spiro atoms. The fourth-order valence-electron chi connectivity index (χ4n) is 3.86. The number of hydrogen-bond acceptors (Lipinski definition) is 5. The Labute approximate surface area is 181 Å².